The quantitative estimate of drug-likeness (QED) is 0.432. The maximum atomic E-state index is 4.50. The summed E-state index contributed by atoms with van der Waals surface area (Å²) in [5, 5.41) is 2.26. The second-order valence-electron chi connectivity index (χ2n) is 5.24. The van der Waals surface area contributed by atoms with E-state index in [1.807, 2.05) is 24.4 Å². The van der Waals surface area contributed by atoms with Crippen LogP contribution in [0.1, 0.15) is 16.4 Å². The summed E-state index contributed by atoms with van der Waals surface area (Å²) < 4.78 is 0. The molecular formula is C19H15N3S. The van der Waals surface area contributed by atoms with Gasteiger partial charge in [0.25, 0.3) is 0 Å². The first kappa shape index (κ1) is 14.0. The van der Waals surface area contributed by atoms with Gasteiger partial charge >= 0.3 is 0 Å². The number of aromatic nitrogens is 3. The summed E-state index contributed by atoms with van der Waals surface area (Å²) in [6.45, 7) is 0. The fraction of sp³-hybridized carbons (Fsp3) is 0.0526. The van der Waals surface area contributed by atoms with E-state index in [1.165, 1.54) is 11.1 Å². The van der Waals surface area contributed by atoms with Crippen molar-refractivity contribution >= 4 is 22.8 Å². The van der Waals surface area contributed by atoms with Gasteiger partial charge in [0.1, 0.15) is 17.0 Å². The molecule has 0 bridgehead atoms. The Hall–Kier alpha value is -2.59. The third-order valence-corrected chi connectivity index (χ3v) is 5.08. The molecule has 0 fully saturated rings. The minimum atomic E-state index is 0.199. The summed E-state index contributed by atoms with van der Waals surface area (Å²) >= 11 is 1.76. The number of nitrogens with zero attached hydrogens (tertiary/aromatic N) is 2. The number of benzene rings is 2. The summed E-state index contributed by atoms with van der Waals surface area (Å²) in [5.41, 5.74) is 3.42. The molecule has 0 atom stereocenters. The molecule has 0 unspecified atom stereocenters. The van der Waals surface area contributed by atoms with Gasteiger partial charge in [-0.05, 0) is 17.2 Å². The summed E-state index contributed by atoms with van der Waals surface area (Å²) in [7, 11) is 0. The molecule has 0 aliphatic carbocycles. The van der Waals surface area contributed by atoms with Crippen molar-refractivity contribution in [3.8, 4) is 0 Å². The van der Waals surface area contributed by atoms with Crippen LogP contribution in [-0.2, 0) is 0 Å². The monoisotopic (exact) mass is 317 g/mol. The lowest BCUT2D eigenvalue weighted by molar-refractivity contribution is 1.07. The number of fused-ring (bicyclic) bond motifs is 1. The molecule has 1 N–H and O–H groups in total. The molecule has 0 radical (unpaired) electrons. The van der Waals surface area contributed by atoms with E-state index >= 15 is 0 Å². The van der Waals surface area contributed by atoms with Crippen LogP contribution in [0.2, 0.25) is 0 Å². The number of hydrogen-bond acceptors (Lipinski definition) is 3. The third kappa shape index (κ3) is 2.85. The van der Waals surface area contributed by atoms with E-state index in [4.69, 9.17) is 0 Å². The van der Waals surface area contributed by atoms with Crippen LogP contribution < -0.4 is 0 Å². The van der Waals surface area contributed by atoms with Gasteiger partial charge in [-0.3, -0.25) is 0 Å². The Balaban J connectivity index is 1.79. The standard InChI is InChI=1S/C19H15N3S/c1-3-7-14(8-4-1)17(15-9-5-2-6-10-15)23-19-16-11-12-20-18(16)21-13-22-19/h1-13,17H,(H,20,21,22). The fourth-order valence-electron chi connectivity index (χ4n) is 2.64. The second-order valence-corrected chi connectivity index (χ2v) is 6.33. The van der Waals surface area contributed by atoms with Gasteiger partial charge in [0.05, 0.1) is 10.6 Å². The van der Waals surface area contributed by atoms with Crippen LogP contribution in [0.5, 0.6) is 0 Å². The lowest BCUT2D eigenvalue weighted by atomic mass is 10.0. The number of rotatable bonds is 4. The molecule has 3 nitrogen and oxygen atoms in total. The zero-order chi connectivity index (χ0) is 15.5. The van der Waals surface area contributed by atoms with E-state index in [0.717, 1.165) is 16.1 Å². The Kier molecular flexibility index (Phi) is 3.82. The van der Waals surface area contributed by atoms with Crippen molar-refractivity contribution in [1.82, 2.24) is 15.0 Å². The summed E-state index contributed by atoms with van der Waals surface area (Å²) in [5.74, 6) is 0. The Labute approximate surface area is 138 Å². The molecule has 2 heterocycles. The van der Waals surface area contributed by atoms with Crippen LogP contribution in [-0.4, -0.2) is 15.0 Å². The van der Waals surface area contributed by atoms with Gasteiger partial charge in [0.2, 0.25) is 0 Å². The van der Waals surface area contributed by atoms with Crippen molar-refractivity contribution in [3.63, 3.8) is 0 Å². The molecule has 2 aromatic carbocycles. The molecule has 0 aliphatic heterocycles. The second kappa shape index (κ2) is 6.26. The number of hydrogen-bond donors (Lipinski definition) is 1. The van der Waals surface area contributed by atoms with Crippen molar-refractivity contribution in [2.45, 2.75) is 10.3 Å². The predicted octanol–water partition coefficient (Wildman–Crippen LogP) is 4.84. The normalized spacial score (nSPS) is 11.2. The van der Waals surface area contributed by atoms with Gasteiger partial charge in [-0.15, -0.1) is 0 Å². The highest BCUT2D eigenvalue weighted by Gasteiger charge is 2.18. The molecule has 0 aliphatic rings. The van der Waals surface area contributed by atoms with Crippen molar-refractivity contribution < 1.29 is 0 Å². The van der Waals surface area contributed by atoms with Crippen molar-refractivity contribution in [2.24, 2.45) is 0 Å². The number of thioether (sulfide) groups is 1. The first-order valence-electron chi connectivity index (χ1n) is 7.46. The van der Waals surface area contributed by atoms with Crippen LogP contribution in [0.25, 0.3) is 11.0 Å². The van der Waals surface area contributed by atoms with E-state index in [-0.39, 0.29) is 5.25 Å². The van der Waals surface area contributed by atoms with Gasteiger partial charge in [0, 0.05) is 6.20 Å². The van der Waals surface area contributed by atoms with Gasteiger partial charge < -0.3 is 4.98 Å². The first-order chi connectivity index (χ1) is 11.4. The topological polar surface area (TPSA) is 41.6 Å². The molecule has 0 amide bonds. The largest absolute Gasteiger partial charge is 0.346 e. The molecule has 0 saturated heterocycles. The number of nitrogens with one attached hydrogen (secondary N) is 1. The van der Waals surface area contributed by atoms with E-state index in [1.54, 1.807) is 18.1 Å². The lowest BCUT2D eigenvalue weighted by Gasteiger charge is -2.17. The van der Waals surface area contributed by atoms with Gasteiger partial charge in [-0.2, -0.15) is 0 Å². The number of H-pyrrole nitrogens is 1. The van der Waals surface area contributed by atoms with Crippen LogP contribution in [0.15, 0.2) is 84.3 Å². The lowest BCUT2D eigenvalue weighted by Crippen LogP contribution is -1.98. The minimum absolute atomic E-state index is 0.199. The third-order valence-electron chi connectivity index (χ3n) is 3.75. The van der Waals surface area contributed by atoms with Crippen LogP contribution in [0.4, 0.5) is 0 Å². The van der Waals surface area contributed by atoms with Crippen molar-refractivity contribution in [2.75, 3.05) is 0 Å². The van der Waals surface area contributed by atoms with Gasteiger partial charge in [-0.1, -0.05) is 72.4 Å². The minimum Gasteiger partial charge on any atom is -0.346 e. The van der Waals surface area contributed by atoms with E-state index in [0.29, 0.717) is 0 Å². The highest BCUT2D eigenvalue weighted by molar-refractivity contribution is 7.99. The van der Waals surface area contributed by atoms with E-state index in [2.05, 4.69) is 63.5 Å². The smallest absolute Gasteiger partial charge is 0.141 e. The zero-order valence-corrected chi connectivity index (χ0v) is 13.2. The molecule has 2 aromatic heterocycles. The zero-order valence-electron chi connectivity index (χ0n) is 12.4. The van der Waals surface area contributed by atoms with E-state index in [9.17, 15) is 0 Å². The number of aromatic amines is 1. The molecule has 0 spiro atoms. The Morgan fingerprint density at radius 2 is 1.43 bits per heavy atom. The Bertz CT molecular complexity index is 864. The molecular weight excluding hydrogens is 302 g/mol. The molecule has 4 rings (SSSR count). The van der Waals surface area contributed by atoms with Gasteiger partial charge in [0.15, 0.2) is 0 Å². The van der Waals surface area contributed by atoms with Crippen LogP contribution in [0.3, 0.4) is 0 Å². The maximum absolute atomic E-state index is 4.50. The SMILES string of the molecule is c1ccc(C(Sc2ncnc3[nH]ccc23)c2ccccc2)cc1. The maximum Gasteiger partial charge on any atom is 0.141 e. The Morgan fingerprint density at radius 1 is 0.783 bits per heavy atom. The molecule has 4 heteroatoms. The van der Waals surface area contributed by atoms with Gasteiger partial charge in [-0.25, -0.2) is 9.97 Å². The predicted molar refractivity (Wildman–Crippen MR) is 94.5 cm³/mol. The Morgan fingerprint density at radius 3 is 2.09 bits per heavy atom. The first-order valence-corrected chi connectivity index (χ1v) is 8.34. The highest BCUT2D eigenvalue weighted by Crippen LogP contribution is 2.41. The highest BCUT2D eigenvalue weighted by atomic mass is 32.2. The van der Waals surface area contributed by atoms with Crippen molar-refractivity contribution in [3.05, 3.63) is 90.4 Å². The van der Waals surface area contributed by atoms with E-state index < -0.39 is 0 Å². The fourth-order valence-corrected chi connectivity index (χ4v) is 3.85. The van der Waals surface area contributed by atoms with Crippen molar-refractivity contribution in [1.29, 1.82) is 0 Å². The van der Waals surface area contributed by atoms with Crippen LogP contribution in [0, 0.1) is 0 Å². The van der Waals surface area contributed by atoms with Crippen LogP contribution >= 0.6 is 11.8 Å². The average Bonchev–Trinajstić information content (AvgIpc) is 3.11. The summed E-state index contributed by atoms with van der Waals surface area (Å²) in [6.07, 6.45) is 3.53. The summed E-state index contributed by atoms with van der Waals surface area (Å²) in [6, 6.07) is 23.1. The molecule has 112 valence electrons. The molecule has 23 heavy (non-hydrogen) atoms. The average molecular weight is 317 g/mol. The molecule has 0 saturated carbocycles. The molecule has 4 aromatic rings. The summed E-state index contributed by atoms with van der Waals surface area (Å²) in [4.78, 5) is 11.9.